The lowest BCUT2D eigenvalue weighted by atomic mass is 9.66. The molecule has 0 aromatic rings. The van der Waals surface area contributed by atoms with E-state index < -0.39 is 18.5 Å². The van der Waals surface area contributed by atoms with Crippen molar-refractivity contribution in [1.82, 2.24) is 0 Å². The molecule has 7 atom stereocenters. The largest absolute Gasteiger partial charge is 0.247 e. The topological polar surface area (TPSA) is 0 Å². The normalized spacial score (nSPS) is 47.4. The molecule has 0 spiro atoms. The van der Waals surface area contributed by atoms with Crippen LogP contribution in [0.1, 0.15) is 116 Å². The molecule has 0 amide bonds. The van der Waals surface area contributed by atoms with Gasteiger partial charge in [0.15, 0.2) is 0 Å². The molecule has 0 aliphatic heterocycles. The Labute approximate surface area is 215 Å². The van der Waals surface area contributed by atoms with Crippen molar-refractivity contribution < 1.29 is 13.2 Å². The van der Waals surface area contributed by atoms with E-state index in [0.717, 1.165) is 70.1 Å². The van der Waals surface area contributed by atoms with Crippen molar-refractivity contribution in [3.63, 3.8) is 0 Å². The minimum absolute atomic E-state index is 0.0273. The number of alkyl halides is 4. The minimum atomic E-state index is -1.25. The summed E-state index contributed by atoms with van der Waals surface area (Å²) in [5, 5.41) is 0. The van der Waals surface area contributed by atoms with E-state index >= 15 is 8.78 Å². The van der Waals surface area contributed by atoms with Crippen molar-refractivity contribution in [3.05, 3.63) is 0 Å². The predicted octanol–water partition coefficient (Wildman–Crippen LogP) is 9.82. The summed E-state index contributed by atoms with van der Waals surface area (Å²) in [4.78, 5) is 0. The smallest absolute Gasteiger partial charge is 0.134 e. The first kappa shape index (κ1) is 26.6. The highest BCUT2D eigenvalue weighted by molar-refractivity contribution is 14.1. The molecular formula is C29H48F3I. The first-order valence-corrected chi connectivity index (χ1v) is 15.8. The molecule has 0 N–H and O–H groups in total. The molecule has 0 aromatic heterocycles. The zero-order valence-electron chi connectivity index (χ0n) is 20.9. The second-order valence-electron chi connectivity index (χ2n) is 12.4. The molecule has 6 unspecified atom stereocenters. The van der Waals surface area contributed by atoms with E-state index in [2.05, 4.69) is 29.5 Å². The fourth-order valence-electron chi connectivity index (χ4n) is 8.31. The van der Waals surface area contributed by atoms with Gasteiger partial charge < -0.3 is 0 Å². The lowest BCUT2D eigenvalue weighted by molar-refractivity contribution is -0.0164. The van der Waals surface area contributed by atoms with E-state index in [1.165, 1.54) is 44.9 Å². The fourth-order valence-corrected chi connectivity index (χ4v) is 9.16. The van der Waals surface area contributed by atoms with Crippen molar-refractivity contribution in [1.29, 1.82) is 0 Å². The predicted molar refractivity (Wildman–Crippen MR) is 141 cm³/mol. The van der Waals surface area contributed by atoms with Crippen LogP contribution in [0.4, 0.5) is 13.2 Å². The van der Waals surface area contributed by atoms with Crippen molar-refractivity contribution in [3.8, 4) is 0 Å². The first-order valence-electron chi connectivity index (χ1n) is 14.5. The first-order chi connectivity index (χ1) is 16.0. The van der Waals surface area contributed by atoms with Crippen molar-refractivity contribution in [2.24, 2.45) is 41.4 Å². The molecule has 0 saturated heterocycles. The van der Waals surface area contributed by atoms with Crippen LogP contribution in [0.3, 0.4) is 0 Å². The maximum Gasteiger partial charge on any atom is 0.134 e. The van der Waals surface area contributed by atoms with Gasteiger partial charge in [-0.25, -0.2) is 13.2 Å². The van der Waals surface area contributed by atoms with E-state index in [-0.39, 0.29) is 17.8 Å². The van der Waals surface area contributed by atoms with E-state index in [4.69, 9.17) is 0 Å². The second kappa shape index (κ2) is 12.7. The number of halogens is 4. The van der Waals surface area contributed by atoms with Gasteiger partial charge in [0.05, 0.1) is 0 Å². The van der Waals surface area contributed by atoms with Crippen molar-refractivity contribution in [2.75, 3.05) is 0 Å². The van der Waals surface area contributed by atoms with Gasteiger partial charge in [-0.1, -0.05) is 74.5 Å². The van der Waals surface area contributed by atoms with Crippen LogP contribution < -0.4 is 0 Å². The Bertz CT molecular complexity index is 569. The molecule has 4 rings (SSSR count). The van der Waals surface area contributed by atoms with Crippen molar-refractivity contribution >= 4 is 22.6 Å². The Morgan fingerprint density at radius 2 is 1.18 bits per heavy atom. The van der Waals surface area contributed by atoms with Crippen LogP contribution in [0, 0.1) is 41.4 Å². The molecule has 0 radical (unpaired) electrons. The van der Waals surface area contributed by atoms with Crippen LogP contribution in [0.15, 0.2) is 0 Å². The highest BCUT2D eigenvalue weighted by Crippen LogP contribution is 2.47. The van der Waals surface area contributed by atoms with Crippen molar-refractivity contribution in [2.45, 2.75) is 139 Å². The van der Waals surface area contributed by atoms with E-state index in [9.17, 15) is 4.39 Å². The van der Waals surface area contributed by atoms with Gasteiger partial charge >= 0.3 is 0 Å². The Kier molecular flexibility index (Phi) is 10.2. The van der Waals surface area contributed by atoms with Gasteiger partial charge in [-0.05, 0) is 106 Å². The third-order valence-corrected chi connectivity index (χ3v) is 11.6. The molecule has 33 heavy (non-hydrogen) atoms. The number of hydrogen-bond acceptors (Lipinski definition) is 0. The molecule has 0 heterocycles. The van der Waals surface area contributed by atoms with Crippen LogP contribution >= 0.6 is 22.6 Å². The quantitative estimate of drug-likeness (QED) is 0.208. The zero-order valence-corrected chi connectivity index (χ0v) is 23.0. The van der Waals surface area contributed by atoms with Gasteiger partial charge in [0.25, 0.3) is 0 Å². The van der Waals surface area contributed by atoms with Gasteiger partial charge in [0, 0.05) is 3.92 Å². The summed E-state index contributed by atoms with van der Waals surface area (Å²) < 4.78 is 45.5. The summed E-state index contributed by atoms with van der Waals surface area (Å²) in [6.07, 6.45) is 15.5. The number of rotatable bonds is 7. The molecule has 0 bridgehead atoms. The third kappa shape index (κ3) is 6.85. The zero-order chi connectivity index (χ0) is 23.4. The molecule has 4 heteroatoms. The summed E-state index contributed by atoms with van der Waals surface area (Å²) in [6.45, 7) is 2.25. The fraction of sp³-hybridized carbons (Fsp3) is 1.00. The maximum absolute atomic E-state index is 15.2. The van der Waals surface area contributed by atoms with Crippen LogP contribution in [0.25, 0.3) is 0 Å². The van der Waals surface area contributed by atoms with Gasteiger partial charge in [0.1, 0.15) is 18.5 Å². The van der Waals surface area contributed by atoms with Crippen LogP contribution in [0.5, 0.6) is 0 Å². The lowest BCUT2D eigenvalue weighted by Gasteiger charge is -2.42. The summed E-state index contributed by atoms with van der Waals surface area (Å²) in [7, 11) is 0. The summed E-state index contributed by atoms with van der Waals surface area (Å²) in [5.74, 6) is 2.65. The standard InChI is InChI=1S/C29H48F3I/c1-2-3-19-4-11-22(12-5-19)26-16-14-23(28(31)29(26)32)13-8-20-6-9-21(10-7-20)25-17-15-24(33)18-27(25)30/h19-29H,2-18H2,1H3/t19?,20?,21?,22?,23?,24?,25?,26?,27-,28?,29?/m0/s1. The molecule has 0 aromatic carbocycles. The SMILES string of the molecule is CCCC1CCC(C2CCC(CCC3CCC(C4CCC(I)C[C@@H]4F)CC3)C(F)C2F)CC1. The Morgan fingerprint density at radius 3 is 1.79 bits per heavy atom. The average Bonchev–Trinajstić information content (AvgIpc) is 2.81. The highest BCUT2D eigenvalue weighted by atomic mass is 127. The monoisotopic (exact) mass is 580 g/mol. The van der Waals surface area contributed by atoms with Crippen LogP contribution in [-0.4, -0.2) is 22.4 Å². The van der Waals surface area contributed by atoms with Crippen LogP contribution in [0.2, 0.25) is 0 Å². The molecular weight excluding hydrogens is 532 g/mol. The van der Waals surface area contributed by atoms with Crippen LogP contribution in [-0.2, 0) is 0 Å². The molecule has 192 valence electrons. The molecule has 4 fully saturated rings. The molecule has 4 aliphatic rings. The number of hydrogen-bond donors (Lipinski definition) is 0. The van der Waals surface area contributed by atoms with Gasteiger partial charge in [-0.3, -0.25) is 0 Å². The third-order valence-electron chi connectivity index (χ3n) is 10.4. The average molecular weight is 581 g/mol. The maximum atomic E-state index is 15.2. The Morgan fingerprint density at radius 1 is 0.606 bits per heavy atom. The van der Waals surface area contributed by atoms with E-state index in [1.54, 1.807) is 0 Å². The Balaban J connectivity index is 1.17. The van der Waals surface area contributed by atoms with E-state index in [1.807, 2.05) is 0 Å². The summed E-state index contributed by atoms with van der Waals surface area (Å²) in [6, 6.07) is 0. The lowest BCUT2D eigenvalue weighted by Crippen LogP contribution is -2.42. The van der Waals surface area contributed by atoms with Gasteiger partial charge in [-0.2, -0.15) is 0 Å². The van der Waals surface area contributed by atoms with Gasteiger partial charge in [0.2, 0.25) is 0 Å². The summed E-state index contributed by atoms with van der Waals surface area (Å²) in [5.41, 5.74) is 0. The van der Waals surface area contributed by atoms with Gasteiger partial charge in [-0.15, -0.1) is 0 Å². The Hall–Kier alpha value is 0.520. The van der Waals surface area contributed by atoms with E-state index in [0.29, 0.717) is 21.7 Å². The minimum Gasteiger partial charge on any atom is -0.247 e. The summed E-state index contributed by atoms with van der Waals surface area (Å²) >= 11 is 2.41. The highest BCUT2D eigenvalue weighted by Gasteiger charge is 2.44. The second-order valence-corrected chi connectivity index (χ2v) is 14.2. The molecule has 4 aliphatic carbocycles. The molecule has 0 nitrogen and oxygen atoms in total. The molecule has 4 saturated carbocycles.